The summed E-state index contributed by atoms with van der Waals surface area (Å²) in [5.74, 6) is 0.618. The Morgan fingerprint density at radius 1 is 1.32 bits per heavy atom. The molecular weight excluding hydrogens is 234 g/mol. The third kappa shape index (κ3) is 4.98. The van der Waals surface area contributed by atoms with Crippen molar-refractivity contribution >= 4 is 0 Å². The summed E-state index contributed by atoms with van der Waals surface area (Å²) >= 11 is 0. The van der Waals surface area contributed by atoms with Gasteiger partial charge in [0.25, 0.3) is 0 Å². The number of aromatic nitrogens is 2. The maximum absolute atomic E-state index is 4.73. The molecular formula is C16H31N3. The normalized spacial score (nSPS) is 15.5. The second-order valence-electron chi connectivity index (χ2n) is 6.62. The van der Waals surface area contributed by atoms with E-state index in [1.165, 1.54) is 5.69 Å². The molecule has 1 N–H and O–H groups in total. The van der Waals surface area contributed by atoms with Crippen molar-refractivity contribution < 1.29 is 0 Å². The van der Waals surface area contributed by atoms with Crippen LogP contribution in [0.3, 0.4) is 0 Å². The third-order valence-electron chi connectivity index (χ3n) is 4.03. The van der Waals surface area contributed by atoms with E-state index in [9.17, 15) is 0 Å². The second-order valence-corrected chi connectivity index (χ2v) is 6.62. The summed E-state index contributed by atoms with van der Waals surface area (Å²) in [6.45, 7) is 15.6. The van der Waals surface area contributed by atoms with Crippen molar-refractivity contribution in [3.8, 4) is 0 Å². The maximum atomic E-state index is 4.73. The van der Waals surface area contributed by atoms with Gasteiger partial charge in [-0.15, -0.1) is 0 Å². The third-order valence-corrected chi connectivity index (χ3v) is 4.03. The average molecular weight is 265 g/mol. The SMILES string of the molecule is CCNCC(Cc1ccn(C(C)CC)n1)C(C)(C)C. The monoisotopic (exact) mass is 265 g/mol. The van der Waals surface area contributed by atoms with Gasteiger partial charge in [0.2, 0.25) is 0 Å². The van der Waals surface area contributed by atoms with Gasteiger partial charge >= 0.3 is 0 Å². The molecule has 0 aliphatic carbocycles. The van der Waals surface area contributed by atoms with Crippen LogP contribution in [-0.2, 0) is 6.42 Å². The Kier molecular flexibility index (Phi) is 6.05. The molecule has 0 saturated carbocycles. The molecule has 3 nitrogen and oxygen atoms in total. The molecule has 1 rings (SSSR count). The molecule has 0 amide bonds. The Hall–Kier alpha value is -0.830. The van der Waals surface area contributed by atoms with Crippen molar-refractivity contribution in [1.82, 2.24) is 15.1 Å². The van der Waals surface area contributed by atoms with Crippen LogP contribution in [0, 0.1) is 11.3 Å². The number of hydrogen-bond acceptors (Lipinski definition) is 2. The lowest BCUT2D eigenvalue weighted by atomic mass is 9.78. The van der Waals surface area contributed by atoms with E-state index in [0.29, 0.717) is 17.4 Å². The Bertz CT molecular complexity index is 362. The van der Waals surface area contributed by atoms with E-state index < -0.39 is 0 Å². The fourth-order valence-corrected chi connectivity index (χ4v) is 2.17. The molecule has 0 aliphatic heterocycles. The largest absolute Gasteiger partial charge is 0.317 e. The summed E-state index contributed by atoms with van der Waals surface area (Å²) in [5, 5.41) is 8.21. The summed E-state index contributed by atoms with van der Waals surface area (Å²) in [6.07, 6.45) is 4.30. The summed E-state index contributed by atoms with van der Waals surface area (Å²) < 4.78 is 2.10. The molecule has 0 aromatic carbocycles. The van der Waals surface area contributed by atoms with Gasteiger partial charge in [-0.05, 0) is 50.3 Å². The van der Waals surface area contributed by atoms with Crippen molar-refractivity contribution in [2.24, 2.45) is 11.3 Å². The summed E-state index contributed by atoms with van der Waals surface area (Å²) in [5.41, 5.74) is 1.53. The zero-order valence-corrected chi connectivity index (χ0v) is 13.5. The van der Waals surface area contributed by atoms with E-state index >= 15 is 0 Å². The van der Waals surface area contributed by atoms with Crippen LogP contribution in [0.15, 0.2) is 12.3 Å². The lowest BCUT2D eigenvalue weighted by molar-refractivity contribution is 0.230. The first-order chi connectivity index (χ1) is 8.88. The van der Waals surface area contributed by atoms with Crippen molar-refractivity contribution in [2.75, 3.05) is 13.1 Å². The molecule has 0 radical (unpaired) electrons. The van der Waals surface area contributed by atoms with Gasteiger partial charge in [-0.2, -0.15) is 5.10 Å². The molecule has 110 valence electrons. The van der Waals surface area contributed by atoms with Crippen molar-refractivity contribution in [3.05, 3.63) is 18.0 Å². The molecule has 0 fully saturated rings. The molecule has 2 unspecified atom stereocenters. The highest BCUT2D eigenvalue weighted by Gasteiger charge is 2.25. The van der Waals surface area contributed by atoms with Gasteiger partial charge in [0.15, 0.2) is 0 Å². The summed E-state index contributed by atoms with van der Waals surface area (Å²) in [6, 6.07) is 2.67. The van der Waals surface area contributed by atoms with Gasteiger partial charge in [-0.3, -0.25) is 4.68 Å². The van der Waals surface area contributed by atoms with Gasteiger partial charge in [-0.1, -0.05) is 34.6 Å². The fourth-order valence-electron chi connectivity index (χ4n) is 2.17. The van der Waals surface area contributed by atoms with E-state index in [4.69, 9.17) is 5.10 Å². The van der Waals surface area contributed by atoms with E-state index in [2.05, 4.69) is 63.8 Å². The standard InChI is InChI=1S/C16H31N3/c1-7-13(3)19-10-9-15(18-19)11-14(12-17-8-2)16(4,5)6/h9-10,13-14,17H,7-8,11-12H2,1-6H3. The second kappa shape index (κ2) is 7.09. The zero-order chi connectivity index (χ0) is 14.5. The first kappa shape index (κ1) is 16.2. The quantitative estimate of drug-likeness (QED) is 0.815. The van der Waals surface area contributed by atoms with Gasteiger partial charge in [-0.25, -0.2) is 0 Å². The van der Waals surface area contributed by atoms with Gasteiger partial charge < -0.3 is 5.32 Å². The van der Waals surface area contributed by atoms with E-state index in [0.717, 1.165) is 25.9 Å². The van der Waals surface area contributed by atoms with Gasteiger partial charge in [0.05, 0.1) is 5.69 Å². The molecule has 1 aromatic rings. The van der Waals surface area contributed by atoms with E-state index in [-0.39, 0.29) is 0 Å². The number of nitrogens with zero attached hydrogens (tertiary/aromatic N) is 2. The Labute approximate surface area is 118 Å². The van der Waals surface area contributed by atoms with Crippen molar-refractivity contribution in [3.63, 3.8) is 0 Å². The van der Waals surface area contributed by atoms with Crippen LogP contribution in [-0.4, -0.2) is 22.9 Å². The van der Waals surface area contributed by atoms with Crippen molar-refractivity contribution in [2.45, 2.75) is 60.4 Å². The first-order valence-corrected chi connectivity index (χ1v) is 7.63. The zero-order valence-electron chi connectivity index (χ0n) is 13.5. The minimum absolute atomic E-state index is 0.308. The molecule has 1 aromatic heterocycles. The highest BCUT2D eigenvalue weighted by molar-refractivity contribution is 5.02. The number of hydrogen-bond donors (Lipinski definition) is 1. The summed E-state index contributed by atoms with van der Waals surface area (Å²) in [7, 11) is 0. The molecule has 0 saturated heterocycles. The van der Waals surface area contributed by atoms with Crippen LogP contribution in [0.2, 0.25) is 0 Å². The Morgan fingerprint density at radius 2 is 2.00 bits per heavy atom. The molecule has 0 aliphatic rings. The molecule has 2 atom stereocenters. The Balaban J connectivity index is 2.70. The summed E-state index contributed by atoms with van der Waals surface area (Å²) in [4.78, 5) is 0. The minimum Gasteiger partial charge on any atom is -0.317 e. The molecule has 0 bridgehead atoms. The highest BCUT2D eigenvalue weighted by Crippen LogP contribution is 2.28. The predicted molar refractivity (Wildman–Crippen MR) is 82.4 cm³/mol. The minimum atomic E-state index is 0.308. The molecule has 0 spiro atoms. The predicted octanol–water partition coefficient (Wildman–Crippen LogP) is 3.67. The smallest absolute Gasteiger partial charge is 0.0628 e. The van der Waals surface area contributed by atoms with Crippen LogP contribution >= 0.6 is 0 Å². The average Bonchev–Trinajstić information content (AvgIpc) is 2.80. The van der Waals surface area contributed by atoms with Gasteiger partial charge in [0, 0.05) is 12.2 Å². The highest BCUT2D eigenvalue weighted by atomic mass is 15.3. The topological polar surface area (TPSA) is 29.9 Å². The van der Waals surface area contributed by atoms with Crippen LogP contribution in [0.1, 0.15) is 59.7 Å². The number of nitrogens with one attached hydrogen (secondary N) is 1. The van der Waals surface area contributed by atoms with E-state index in [1.807, 2.05) is 0 Å². The molecule has 1 heterocycles. The lowest BCUT2D eigenvalue weighted by Crippen LogP contribution is -2.33. The van der Waals surface area contributed by atoms with E-state index in [1.54, 1.807) is 0 Å². The van der Waals surface area contributed by atoms with Gasteiger partial charge in [0.1, 0.15) is 0 Å². The molecule has 19 heavy (non-hydrogen) atoms. The van der Waals surface area contributed by atoms with Crippen molar-refractivity contribution in [1.29, 1.82) is 0 Å². The van der Waals surface area contributed by atoms with Crippen LogP contribution in [0.4, 0.5) is 0 Å². The number of rotatable bonds is 7. The lowest BCUT2D eigenvalue weighted by Gasteiger charge is -2.30. The van der Waals surface area contributed by atoms with Crippen LogP contribution in [0.5, 0.6) is 0 Å². The fraction of sp³-hybridized carbons (Fsp3) is 0.812. The van der Waals surface area contributed by atoms with Crippen LogP contribution in [0.25, 0.3) is 0 Å². The Morgan fingerprint density at radius 3 is 2.53 bits per heavy atom. The first-order valence-electron chi connectivity index (χ1n) is 7.63. The van der Waals surface area contributed by atoms with Crippen LogP contribution < -0.4 is 5.32 Å². The molecule has 3 heteroatoms. The maximum Gasteiger partial charge on any atom is 0.0628 e.